The molecule has 0 radical (unpaired) electrons. The number of nitriles is 1. The summed E-state index contributed by atoms with van der Waals surface area (Å²) in [6.45, 7) is 2.82. The van der Waals surface area contributed by atoms with E-state index in [9.17, 15) is 0 Å². The SMILES string of the molecule is N#CCCCN(Cc1ccccc1)Cc1ccccc1. The molecule has 0 heterocycles. The molecule has 0 fully saturated rings. The summed E-state index contributed by atoms with van der Waals surface area (Å²) >= 11 is 0. The van der Waals surface area contributed by atoms with Crippen molar-refractivity contribution < 1.29 is 0 Å². The monoisotopic (exact) mass is 264 g/mol. The standard InChI is InChI=1S/C18H20N2/c19-13-7-8-14-20(15-17-9-3-1-4-10-17)16-18-11-5-2-6-12-18/h1-6,9-12H,7-8,14-16H2. The van der Waals surface area contributed by atoms with Crippen LogP contribution >= 0.6 is 0 Å². The first-order valence-electron chi connectivity index (χ1n) is 7.05. The Hall–Kier alpha value is -2.11. The van der Waals surface area contributed by atoms with E-state index in [-0.39, 0.29) is 0 Å². The summed E-state index contributed by atoms with van der Waals surface area (Å²) < 4.78 is 0. The van der Waals surface area contributed by atoms with E-state index in [0.29, 0.717) is 6.42 Å². The van der Waals surface area contributed by atoms with Gasteiger partial charge in [0, 0.05) is 19.5 Å². The lowest BCUT2D eigenvalue weighted by Crippen LogP contribution is -2.24. The first kappa shape index (κ1) is 14.3. The molecule has 2 aromatic carbocycles. The molecule has 0 amide bonds. The molecule has 2 rings (SSSR count). The van der Waals surface area contributed by atoms with Gasteiger partial charge in [-0.1, -0.05) is 60.7 Å². The fraction of sp³-hybridized carbons (Fsp3) is 0.278. The van der Waals surface area contributed by atoms with E-state index in [4.69, 9.17) is 5.26 Å². The van der Waals surface area contributed by atoms with Crippen LogP contribution in [0.5, 0.6) is 0 Å². The predicted molar refractivity (Wildman–Crippen MR) is 81.8 cm³/mol. The summed E-state index contributed by atoms with van der Waals surface area (Å²) in [5.41, 5.74) is 2.64. The van der Waals surface area contributed by atoms with Crippen LogP contribution in [0.1, 0.15) is 24.0 Å². The van der Waals surface area contributed by atoms with Gasteiger partial charge in [0.2, 0.25) is 0 Å². The molecule has 0 atom stereocenters. The predicted octanol–water partition coefficient (Wildman–Crippen LogP) is 3.99. The second-order valence-electron chi connectivity index (χ2n) is 4.94. The normalized spacial score (nSPS) is 10.4. The van der Waals surface area contributed by atoms with Gasteiger partial charge in [0.1, 0.15) is 0 Å². The zero-order valence-electron chi connectivity index (χ0n) is 11.7. The van der Waals surface area contributed by atoms with Gasteiger partial charge in [-0.25, -0.2) is 0 Å². The van der Waals surface area contributed by atoms with Crippen LogP contribution in [-0.4, -0.2) is 11.4 Å². The van der Waals surface area contributed by atoms with Crippen LogP contribution in [0.25, 0.3) is 0 Å². The van der Waals surface area contributed by atoms with Gasteiger partial charge in [-0.15, -0.1) is 0 Å². The molecule has 0 saturated carbocycles. The Kier molecular flexibility index (Phi) is 5.82. The fourth-order valence-electron chi connectivity index (χ4n) is 2.28. The van der Waals surface area contributed by atoms with E-state index >= 15 is 0 Å². The van der Waals surface area contributed by atoms with Crippen LogP contribution in [-0.2, 0) is 13.1 Å². The molecule has 2 heteroatoms. The molecule has 0 N–H and O–H groups in total. The molecular formula is C18H20N2. The van der Waals surface area contributed by atoms with Gasteiger partial charge in [0.15, 0.2) is 0 Å². The molecular weight excluding hydrogens is 244 g/mol. The van der Waals surface area contributed by atoms with Crippen molar-refractivity contribution >= 4 is 0 Å². The molecule has 0 unspecified atom stereocenters. The Morgan fingerprint density at radius 1 is 0.800 bits per heavy atom. The van der Waals surface area contributed by atoms with Crippen molar-refractivity contribution in [1.82, 2.24) is 4.90 Å². The summed E-state index contributed by atoms with van der Waals surface area (Å²) in [6.07, 6.45) is 1.55. The van der Waals surface area contributed by atoms with Crippen LogP contribution in [0.3, 0.4) is 0 Å². The van der Waals surface area contributed by atoms with Crippen LogP contribution in [0.4, 0.5) is 0 Å². The van der Waals surface area contributed by atoms with Gasteiger partial charge in [-0.05, 0) is 24.1 Å². The maximum Gasteiger partial charge on any atom is 0.0622 e. The third-order valence-electron chi connectivity index (χ3n) is 3.26. The molecule has 102 valence electrons. The number of benzene rings is 2. The second kappa shape index (κ2) is 8.14. The lowest BCUT2D eigenvalue weighted by atomic mass is 10.1. The molecule has 0 aliphatic carbocycles. The van der Waals surface area contributed by atoms with Gasteiger partial charge < -0.3 is 0 Å². The quantitative estimate of drug-likeness (QED) is 0.707. The van der Waals surface area contributed by atoms with Crippen molar-refractivity contribution in [2.24, 2.45) is 0 Å². The van der Waals surface area contributed by atoms with E-state index in [2.05, 4.69) is 59.5 Å². The summed E-state index contributed by atoms with van der Waals surface area (Å²) in [5.74, 6) is 0. The van der Waals surface area contributed by atoms with Gasteiger partial charge >= 0.3 is 0 Å². The first-order chi connectivity index (χ1) is 9.88. The highest BCUT2D eigenvalue weighted by Gasteiger charge is 2.06. The van der Waals surface area contributed by atoms with Crippen LogP contribution in [0.2, 0.25) is 0 Å². The minimum atomic E-state index is 0.625. The smallest absolute Gasteiger partial charge is 0.0622 e. The summed E-state index contributed by atoms with van der Waals surface area (Å²) in [4.78, 5) is 2.40. The Morgan fingerprint density at radius 2 is 1.30 bits per heavy atom. The molecule has 0 aliphatic rings. The number of hydrogen-bond acceptors (Lipinski definition) is 2. The first-order valence-corrected chi connectivity index (χ1v) is 7.05. The van der Waals surface area contributed by atoms with Gasteiger partial charge in [0.05, 0.1) is 6.07 Å². The molecule has 0 spiro atoms. The third-order valence-corrected chi connectivity index (χ3v) is 3.26. The zero-order valence-corrected chi connectivity index (χ0v) is 11.7. The molecule has 2 aromatic rings. The fourth-order valence-corrected chi connectivity index (χ4v) is 2.28. The molecule has 0 aromatic heterocycles. The van der Waals surface area contributed by atoms with E-state index < -0.39 is 0 Å². The Bertz CT molecular complexity index is 487. The van der Waals surface area contributed by atoms with Gasteiger partial charge in [-0.3, -0.25) is 4.90 Å². The van der Waals surface area contributed by atoms with Crippen molar-refractivity contribution in [2.75, 3.05) is 6.54 Å². The van der Waals surface area contributed by atoms with Crippen LogP contribution in [0.15, 0.2) is 60.7 Å². The van der Waals surface area contributed by atoms with Crippen LogP contribution in [0, 0.1) is 11.3 Å². The third kappa shape index (κ3) is 4.87. The highest BCUT2D eigenvalue weighted by Crippen LogP contribution is 2.11. The maximum absolute atomic E-state index is 8.69. The minimum absolute atomic E-state index is 0.625. The zero-order chi connectivity index (χ0) is 14.0. The highest BCUT2D eigenvalue weighted by atomic mass is 15.1. The average Bonchev–Trinajstić information content (AvgIpc) is 2.49. The van der Waals surface area contributed by atoms with E-state index in [0.717, 1.165) is 26.1 Å². The maximum atomic E-state index is 8.69. The molecule has 0 aliphatic heterocycles. The average molecular weight is 264 g/mol. The van der Waals surface area contributed by atoms with Crippen molar-refractivity contribution in [1.29, 1.82) is 5.26 Å². The number of rotatable bonds is 7. The Labute approximate surface area is 121 Å². The number of hydrogen-bond donors (Lipinski definition) is 0. The van der Waals surface area contributed by atoms with Crippen molar-refractivity contribution in [3.63, 3.8) is 0 Å². The second-order valence-corrected chi connectivity index (χ2v) is 4.94. The van der Waals surface area contributed by atoms with Crippen molar-refractivity contribution in [3.8, 4) is 6.07 Å². The summed E-state index contributed by atoms with van der Waals surface area (Å²) in [5, 5.41) is 8.69. The molecule has 2 nitrogen and oxygen atoms in total. The van der Waals surface area contributed by atoms with Crippen molar-refractivity contribution in [2.45, 2.75) is 25.9 Å². The van der Waals surface area contributed by atoms with E-state index in [1.54, 1.807) is 0 Å². The van der Waals surface area contributed by atoms with E-state index in [1.807, 2.05) is 12.1 Å². The molecule has 0 saturated heterocycles. The lowest BCUT2D eigenvalue weighted by Gasteiger charge is -2.22. The summed E-state index contributed by atoms with van der Waals surface area (Å²) in [6, 6.07) is 23.2. The summed E-state index contributed by atoms with van der Waals surface area (Å²) in [7, 11) is 0. The number of nitrogens with zero attached hydrogens (tertiary/aromatic N) is 2. The van der Waals surface area contributed by atoms with Crippen molar-refractivity contribution in [3.05, 3.63) is 71.8 Å². The number of unbranched alkanes of at least 4 members (excludes halogenated alkanes) is 1. The molecule has 20 heavy (non-hydrogen) atoms. The Morgan fingerprint density at radius 3 is 1.75 bits per heavy atom. The topological polar surface area (TPSA) is 27.0 Å². The lowest BCUT2D eigenvalue weighted by molar-refractivity contribution is 0.254. The van der Waals surface area contributed by atoms with Gasteiger partial charge in [-0.2, -0.15) is 5.26 Å². The van der Waals surface area contributed by atoms with Gasteiger partial charge in [0.25, 0.3) is 0 Å². The highest BCUT2D eigenvalue weighted by molar-refractivity contribution is 5.17. The molecule has 0 bridgehead atoms. The minimum Gasteiger partial charge on any atom is -0.295 e. The Balaban J connectivity index is 1.99. The van der Waals surface area contributed by atoms with E-state index in [1.165, 1.54) is 11.1 Å². The largest absolute Gasteiger partial charge is 0.295 e. The van der Waals surface area contributed by atoms with Crippen LogP contribution < -0.4 is 0 Å².